The number of aryl methyl sites for hydroxylation is 2. The monoisotopic (exact) mass is 346 g/mol. The van der Waals surface area contributed by atoms with E-state index in [0.717, 1.165) is 5.56 Å². The van der Waals surface area contributed by atoms with Gasteiger partial charge in [0.1, 0.15) is 11.3 Å². The maximum Gasteiger partial charge on any atom is 0.344 e. The van der Waals surface area contributed by atoms with Crippen LogP contribution in [-0.4, -0.2) is 29.9 Å². The molecular formula is C17H18N2O6. The molecule has 1 atom stereocenters. The van der Waals surface area contributed by atoms with Gasteiger partial charge in [-0.25, -0.2) is 4.79 Å². The molecule has 1 amide bonds. The van der Waals surface area contributed by atoms with Crippen LogP contribution < -0.4 is 14.8 Å². The number of fused-ring (bicyclic) bond motifs is 1. The number of ether oxygens (including phenoxy) is 3. The van der Waals surface area contributed by atoms with Crippen molar-refractivity contribution in [2.24, 2.45) is 0 Å². The first-order valence-corrected chi connectivity index (χ1v) is 7.76. The molecule has 0 fully saturated rings. The molecule has 0 saturated heterocycles. The number of carbonyl (C=O) groups is 2. The Kier molecular flexibility index (Phi) is 4.60. The molecule has 0 unspecified atom stereocenters. The third-order valence-electron chi connectivity index (χ3n) is 3.79. The summed E-state index contributed by atoms with van der Waals surface area (Å²) >= 11 is 0. The predicted octanol–water partition coefficient (Wildman–Crippen LogP) is 1.88. The number of rotatable bonds is 5. The van der Waals surface area contributed by atoms with Crippen LogP contribution in [0.5, 0.6) is 11.5 Å². The maximum absolute atomic E-state index is 12.1. The topological polar surface area (TPSA) is 99.9 Å². The summed E-state index contributed by atoms with van der Waals surface area (Å²) in [5.41, 5.74) is 1.52. The van der Waals surface area contributed by atoms with E-state index < -0.39 is 18.0 Å². The van der Waals surface area contributed by atoms with Gasteiger partial charge in [0.25, 0.3) is 5.91 Å². The zero-order valence-electron chi connectivity index (χ0n) is 14.1. The molecule has 0 bridgehead atoms. The van der Waals surface area contributed by atoms with Crippen molar-refractivity contribution in [3.63, 3.8) is 0 Å². The smallest absolute Gasteiger partial charge is 0.344 e. The van der Waals surface area contributed by atoms with Crippen molar-refractivity contribution in [2.75, 3.05) is 6.79 Å². The van der Waals surface area contributed by atoms with Gasteiger partial charge in [0.15, 0.2) is 17.6 Å². The fraction of sp³-hybridized carbons (Fsp3) is 0.353. The number of nitrogens with one attached hydrogen (secondary N) is 1. The number of nitrogens with zero attached hydrogens (tertiary/aromatic N) is 1. The highest BCUT2D eigenvalue weighted by molar-refractivity contribution is 5.93. The standard InChI is InChI=1S/C17H18N2O6/c1-9-15(10(2)25-19-9)17(21)24-11(3)16(20)18-7-12-4-5-13-14(6-12)23-8-22-13/h4-6,11H,7-8H2,1-3H3,(H,18,20)/t11-/m0/s1. The molecule has 3 rings (SSSR count). The van der Waals surface area contributed by atoms with Crippen LogP contribution in [0.4, 0.5) is 0 Å². The Morgan fingerprint density at radius 2 is 2.04 bits per heavy atom. The Hall–Kier alpha value is -3.03. The van der Waals surface area contributed by atoms with Crippen molar-refractivity contribution < 1.29 is 28.3 Å². The van der Waals surface area contributed by atoms with Crippen LogP contribution in [0.1, 0.15) is 34.3 Å². The molecule has 1 aliphatic rings. The quantitative estimate of drug-likeness (QED) is 0.825. The Labute approximate surface area is 144 Å². The lowest BCUT2D eigenvalue weighted by Gasteiger charge is -2.13. The van der Waals surface area contributed by atoms with Gasteiger partial charge in [-0.3, -0.25) is 4.79 Å². The Morgan fingerprint density at radius 3 is 2.76 bits per heavy atom. The zero-order valence-corrected chi connectivity index (χ0v) is 14.1. The van der Waals surface area contributed by atoms with Crippen LogP contribution in [0.15, 0.2) is 22.7 Å². The van der Waals surface area contributed by atoms with Crippen LogP contribution in [0.2, 0.25) is 0 Å². The summed E-state index contributed by atoms with van der Waals surface area (Å²) in [6.45, 7) is 5.23. The fourth-order valence-electron chi connectivity index (χ4n) is 2.43. The SMILES string of the molecule is Cc1noc(C)c1C(=O)O[C@@H](C)C(=O)NCc1ccc2c(c1)OCO2. The molecule has 1 N–H and O–H groups in total. The molecule has 0 saturated carbocycles. The van der Waals surface area contributed by atoms with Gasteiger partial charge in [-0.05, 0) is 38.5 Å². The van der Waals surface area contributed by atoms with E-state index in [2.05, 4.69) is 10.5 Å². The Balaban J connectivity index is 1.55. The van der Waals surface area contributed by atoms with Crippen molar-refractivity contribution >= 4 is 11.9 Å². The molecule has 1 aromatic heterocycles. The summed E-state index contributed by atoms with van der Waals surface area (Å²) < 4.78 is 20.6. The molecular weight excluding hydrogens is 328 g/mol. The lowest BCUT2D eigenvalue weighted by Crippen LogP contribution is -2.35. The normalized spacial score (nSPS) is 13.4. The molecule has 0 radical (unpaired) electrons. The summed E-state index contributed by atoms with van der Waals surface area (Å²) in [4.78, 5) is 24.3. The number of hydrogen-bond acceptors (Lipinski definition) is 7. The maximum atomic E-state index is 12.1. The largest absolute Gasteiger partial charge is 0.454 e. The Morgan fingerprint density at radius 1 is 1.28 bits per heavy atom. The first-order chi connectivity index (χ1) is 12.0. The molecule has 25 heavy (non-hydrogen) atoms. The van der Waals surface area contributed by atoms with Crippen molar-refractivity contribution in [1.29, 1.82) is 0 Å². The minimum absolute atomic E-state index is 0.194. The van der Waals surface area contributed by atoms with Gasteiger partial charge < -0.3 is 24.1 Å². The fourth-order valence-corrected chi connectivity index (χ4v) is 2.43. The lowest BCUT2D eigenvalue weighted by atomic mass is 10.2. The van der Waals surface area contributed by atoms with Crippen molar-refractivity contribution in [1.82, 2.24) is 10.5 Å². The van der Waals surface area contributed by atoms with Crippen LogP contribution in [0.25, 0.3) is 0 Å². The van der Waals surface area contributed by atoms with E-state index >= 15 is 0 Å². The van der Waals surface area contributed by atoms with Crippen LogP contribution in [0.3, 0.4) is 0 Å². The second kappa shape index (κ2) is 6.84. The number of benzene rings is 1. The summed E-state index contributed by atoms with van der Waals surface area (Å²) in [6.07, 6.45) is -0.949. The van der Waals surface area contributed by atoms with Crippen molar-refractivity contribution in [3.05, 3.63) is 40.8 Å². The van der Waals surface area contributed by atoms with Crippen LogP contribution in [0, 0.1) is 13.8 Å². The Bertz CT molecular complexity index is 794. The number of hydrogen-bond donors (Lipinski definition) is 1. The molecule has 1 aliphatic heterocycles. The summed E-state index contributed by atoms with van der Waals surface area (Å²) in [5.74, 6) is 0.636. The zero-order chi connectivity index (χ0) is 18.0. The van der Waals surface area contributed by atoms with E-state index in [-0.39, 0.29) is 18.9 Å². The highest BCUT2D eigenvalue weighted by Gasteiger charge is 2.24. The second-order valence-corrected chi connectivity index (χ2v) is 5.65. The summed E-state index contributed by atoms with van der Waals surface area (Å²) in [6, 6.07) is 5.40. The van der Waals surface area contributed by atoms with Crippen LogP contribution >= 0.6 is 0 Å². The molecule has 0 aliphatic carbocycles. The highest BCUT2D eigenvalue weighted by Crippen LogP contribution is 2.32. The van der Waals surface area contributed by atoms with E-state index in [4.69, 9.17) is 18.7 Å². The molecule has 8 heteroatoms. The van der Waals surface area contributed by atoms with Gasteiger partial charge in [-0.2, -0.15) is 0 Å². The van der Waals surface area contributed by atoms with Gasteiger partial charge in [0, 0.05) is 6.54 Å². The van der Waals surface area contributed by atoms with Gasteiger partial charge in [-0.15, -0.1) is 0 Å². The highest BCUT2D eigenvalue weighted by atomic mass is 16.7. The summed E-state index contributed by atoms with van der Waals surface area (Å²) in [5, 5.41) is 6.41. The number of amides is 1. The van der Waals surface area contributed by atoms with Crippen molar-refractivity contribution in [3.8, 4) is 11.5 Å². The minimum Gasteiger partial charge on any atom is -0.454 e. The first-order valence-electron chi connectivity index (χ1n) is 7.76. The minimum atomic E-state index is -0.949. The number of esters is 1. The second-order valence-electron chi connectivity index (χ2n) is 5.65. The van der Waals surface area contributed by atoms with Crippen LogP contribution in [-0.2, 0) is 16.1 Å². The van der Waals surface area contributed by atoms with E-state index in [1.54, 1.807) is 26.0 Å². The van der Waals surface area contributed by atoms with E-state index in [1.807, 2.05) is 6.07 Å². The number of carbonyl (C=O) groups excluding carboxylic acids is 2. The molecule has 8 nitrogen and oxygen atoms in total. The lowest BCUT2D eigenvalue weighted by molar-refractivity contribution is -0.129. The van der Waals surface area contributed by atoms with Gasteiger partial charge in [0.05, 0.1) is 5.69 Å². The number of aromatic nitrogens is 1. The van der Waals surface area contributed by atoms with Gasteiger partial charge >= 0.3 is 5.97 Å². The van der Waals surface area contributed by atoms with E-state index in [1.165, 1.54) is 6.92 Å². The molecule has 2 heterocycles. The average Bonchev–Trinajstić information content (AvgIpc) is 3.18. The molecule has 2 aromatic rings. The van der Waals surface area contributed by atoms with Gasteiger partial charge in [0.2, 0.25) is 6.79 Å². The molecule has 132 valence electrons. The van der Waals surface area contributed by atoms with Gasteiger partial charge in [-0.1, -0.05) is 11.2 Å². The summed E-state index contributed by atoms with van der Waals surface area (Å²) in [7, 11) is 0. The van der Waals surface area contributed by atoms with E-state index in [0.29, 0.717) is 23.0 Å². The average molecular weight is 346 g/mol. The first kappa shape index (κ1) is 16.8. The predicted molar refractivity (Wildman–Crippen MR) is 85.3 cm³/mol. The van der Waals surface area contributed by atoms with Crippen molar-refractivity contribution in [2.45, 2.75) is 33.4 Å². The molecule has 1 aromatic carbocycles. The third-order valence-corrected chi connectivity index (χ3v) is 3.79. The molecule has 0 spiro atoms. The third kappa shape index (κ3) is 3.57. The van der Waals surface area contributed by atoms with E-state index in [9.17, 15) is 9.59 Å².